The van der Waals surface area contributed by atoms with Crippen LogP contribution in [0.1, 0.15) is 34.5 Å². The number of aliphatic hydroxyl groups is 1. The molecule has 0 spiro atoms. The fourth-order valence-corrected chi connectivity index (χ4v) is 2.60. The van der Waals surface area contributed by atoms with Crippen molar-refractivity contribution >= 4 is 5.91 Å². The van der Waals surface area contributed by atoms with Gasteiger partial charge in [-0.1, -0.05) is 0 Å². The van der Waals surface area contributed by atoms with Crippen LogP contribution in [0.15, 0.2) is 39.4 Å². The molecule has 3 aromatic rings. The molecule has 1 atom stereocenters. The summed E-state index contributed by atoms with van der Waals surface area (Å²) in [5.41, 5.74) is 0.242. The van der Waals surface area contributed by atoms with Crippen LogP contribution in [0, 0.1) is 13.8 Å². The zero-order chi connectivity index (χ0) is 17.3. The van der Waals surface area contributed by atoms with Crippen LogP contribution in [0.25, 0.3) is 11.5 Å². The van der Waals surface area contributed by atoms with Gasteiger partial charge in [0.1, 0.15) is 22.8 Å². The van der Waals surface area contributed by atoms with Gasteiger partial charge in [-0.05, 0) is 39.0 Å². The highest BCUT2D eigenvalue weighted by Crippen LogP contribution is 2.26. The lowest BCUT2D eigenvalue weighted by atomic mass is 9.96. The van der Waals surface area contributed by atoms with Crippen molar-refractivity contribution in [2.24, 2.45) is 0 Å². The molecule has 0 aliphatic rings. The van der Waals surface area contributed by atoms with E-state index >= 15 is 0 Å². The number of nitrogens with one attached hydrogen (secondary N) is 2. The number of rotatable bonds is 5. The molecule has 0 radical (unpaired) electrons. The Balaban J connectivity index is 1.68. The molecule has 0 aliphatic carbocycles. The molecule has 7 nitrogen and oxygen atoms in total. The van der Waals surface area contributed by atoms with E-state index in [1.807, 2.05) is 6.92 Å². The van der Waals surface area contributed by atoms with Gasteiger partial charge in [0.25, 0.3) is 5.91 Å². The van der Waals surface area contributed by atoms with Crippen molar-refractivity contribution in [3.8, 4) is 11.5 Å². The fourth-order valence-electron chi connectivity index (χ4n) is 2.60. The maximum atomic E-state index is 12.2. The van der Waals surface area contributed by atoms with E-state index in [0.29, 0.717) is 28.5 Å². The number of amides is 1. The minimum Gasteiger partial charge on any atom is -0.466 e. The molecule has 0 aliphatic heterocycles. The van der Waals surface area contributed by atoms with Crippen LogP contribution >= 0.6 is 0 Å². The van der Waals surface area contributed by atoms with Crippen molar-refractivity contribution in [2.45, 2.75) is 26.4 Å². The summed E-state index contributed by atoms with van der Waals surface area (Å²) in [6.45, 7) is 5.25. The number of hydrogen-bond acceptors (Lipinski definition) is 5. The first-order valence-electron chi connectivity index (χ1n) is 7.54. The van der Waals surface area contributed by atoms with E-state index in [9.17, 15) is 9.90 Å². The Bertz CT molecular complexity index is 843. The Morgan fingerprint density at radius 2 is 2.21 bits per heavy atom. The van der Waals surface area contributed by atoms with Crippen LogP contribution in [0.5, 0.6) is 0 Å². The Morgan fingerprint density at radius 3 is 2.83 bits per heavy atom. The van der Waals surface area contributed by atoms with Crippen molar-refractivity contribution in [3.05, 3.63) is 53.3 Å². The summed E-state index contributed by atoms with van der Waals surface area (Å²) in [6.07, 6.45) is 1.54. The highest BCUT2D eigenvalue weighted by atomic mass is 16.3. The lowest BCUT2D eigenvalue weighted by molar-refractivity contribution is 0.0512. The first-order chi connectivity index (χ1) is 11.4. The summed E-state index contributed by atoms with van der Waals surface area (Å²) in [7, 11) is 0. The molecule has 0 fully saturated rings. The van der Waals surface area contributed by atoms with Gasteiger partial charge in [0.2, 0.25) is 0 Å². The third-order valence-corrected chi connectivity index (χ3v) is 3.81. The molecule has 0 bridgehead atoms. The van der Waals surface area contributed by atoms with Gasteiger partial charge in [-0.3, -0.25) is 9.89 Å². The van der Waals surface area contributed by atoms with Gasteiger partial charge >= 0.3 is 0 Å². The van der Waals surface area contributed by atoms with Gasteiger partial charge in [0, 0.05) is 11.6 Å². The van der Waals surface area contributed by atoms with E-state index in [-0.39, 0.29) is 18.1 Å². The summed E-state index contributed by atoms with van der Waals surface area (Å²) >= 11 is 0. The second-order valence-corrected chi connectivity index (χ2v) is 5.93. The van der Waals surface area contributed by atoms with Crippen LogP contribution in [0.3, 0.4) is 0 Å². The standard InChI is InChI=1S/C17H19N3O4/c1-10-7-12(11(2)24-10)17(3,22)9-18-16(21)14-8-13(19-20-14)15-5-4-6-23-15/h4-8,22H,9H2,1-3H3,(H,18,21)(H,19,20). The zero-order valence-electron chi connectivity index (χ0n) is 13.7. The van der Waals surface area contributed by atoms with Crippen LogP contribution < -0.4 is 5.32 Å². The first kappa shape index (κ1) is 16.1. The number of hydrogen-bond donors (Lipinski definition) is 3. The normalized spacial score (nSPS) is 13.7. The summed E-state index contributed by atoms with van der Waals surface area (Å²) in [5, 5.41) is 20.0. The predicted molar refractivity (Wildman–Crippen MR) is 86.4 cm³/mol. The number of carbonyl (C=O) groups is 1. The molecule has 0 saturated carbocycles. The molecule has 126 valence electrons. The number of H-pyrrole nitrogens is 1. The average Bonchev–Trinajstić information content (AvgIpc) is 3.24. The molecular weight excluding hydrogens is 310 g/mol. The zero-order valence-corrected chi connectivity index (χ0v) is 13.7. The maximum absolute atomic E-state index is 12.2. The van der Waals surface area contributed by atoms with E-state index in [4.69, 9.17) is 8.83 Å². The molecular formula is C17H19N3O4. The van der Waals surface area contributed by atoms with Crippen molar-refractivity contribution < 1.29 is 18.7 Å². The molecule has 3 aromatic heterocycles. The number of nitrogens with zero attached hydrogens (tertiary/aromatic N) is 1. The SMILES string of the molecule is Cc1cc(C(C)(O)CNC(=O)c2cc(-c3ccco3)[nH]n2)c(C)o1. The molecule has 24 heavy (non-hydrogen) atoms. The van der Waals surface area contributed by atoms with Crippen molar-refractivity contribution in [3.63, 3.8) is 0 Å². The molecule has 1 amide bonds. The molecule has 0 saturated heterocycles. The van der Waals surface area contributed by atoms with Crippen LogP contribution in [0.4, 0.5) is 0 Å². The number of furan rings is 2. The minimum absolute atomic E-state index is 0.0363. The molecule has 7 heteroatoms. The van der Waals surface area contributed by atoms with Crippen LogP contribution in [-0.4, -0.2) is 27.8 Å². The Morgan fingerprint density at radius 1 is 1.42 bits per heavy atom. The van der Waals surface area contributed by atoms with E-state index in [1.54, 1.807) is 44.4 Å². The van der Waals surface area contributed by atoms with E-state index in [2.05, 4.69) is 15.5 Å². The fraction of sp³-hybridized carbons (Fsp3) is 0.294. The lowest BCUT2D eigenvalue weighted by Crippen LogP contribution is -2.38. The van der Waals surface area contributed by atoms with Gasteiger partial charge in [-0.15, -0.1) is 0 Å². The largest absolute Gasteiger partial charge is 0.466 e. The third kappa shape index (κ3) is 3.11. The third-order valence-electron chi connectivity index (χ3n) is 3.81. The average molecular weight is 329 g/mol. The van der Waals surface area contributed by atoms with E-state index in [0.717, 1.165) is 0 Å². The van der Waals surface area contributed by atoms with Crippen molar-refractivity contribution in [2.75, 3.05) is 6.54 Å². The minimum atomic E-state index is -1.24. The van der Waals surface area contributed by atoms with Gasteiger partial charge in [0.15, 0.2) is 11.5 Å². The van der Waals surface area contributed by atoms with Crippen molar-refractivity contribution in [1.29, 1.82) is 0 Å². The summed E-state index contributed by atoms with van der Waals surface area (Å²) in [4.78, 5) is 12.2. The van der Waals surface area contributed by atoms with Crippen LogP contribution in [-0.2, 0) is 5.60 Å². The molecule has 3 heterocycles. The van der Waals surface area contributed by atoms with Gasteiger partial charge in [0.05, 0.1) is 12.8 Å². The topological polar surface area (TPSA) is 104 Å². The summed E-state index contributed by atoms with van der Waals surface area (Å²) in [6, 6.07) is 6.88. The highest BCUT2D eigenvalue weighted by Gasteiger charge is 2.28. The lowest BCUT2D eigenvalue weighted by Gasteiger charge is -2.23. The molecule has 1 unspecified atom stereocenters. The molecule has 3 rings (SSSR count). The predicted octanol–water partition coefficient (Wildman–Crippen LogP) is 2.52. The van der Waals surface area contributed by atoms with E-state index in [1.165, 1.54) is 0 Å². The first-order valence-corrected chi connectivity index (χ1v) is 7.54. The molecule has 3 N–H and O–H groups in total. The summed E-state index contributed by atoms with van der Waals surface area (Å²) in [5.74, 6) is 1.55. The number of aromatic amines is 1. The number of aromatic nitrogens is 2. The highest BCUT2D eigenvalue weighted by molar-refractivity contribution is 5.93. The quantitative estimate of drug-likeness (QED) is 0.667. The Kier molecular flexibility index (Phi) is 4.02. The number of aryl methyl sites for hydroxylation is 2. The second kappa shape index (κ2) is 6.01. The monoisotopic (exact) mass is 329 g/mol. The Labute approximate surface area is 138 Å². The van der Waals surface area contributed by atoms with Crippen LogP contribution in [0.2, 0.25) is 0 Å². The second-order valence-electron chi connectivity index (χ2n) is 5.93. The van der Waals surface area contributed by atoms with Gasteiger partial charge < -0.3 is 19.3 Å². The van der Waals surface area contributed by atoms with Gasteiger partial charge in [-0.2, -0.15) is 5.10 Å². The van der Waals surface area contributed by atoms with Gasteiger partial charge in [-0.25, -0.2) is 0 Å². The number of carbonyl (C=O) groups excluding carboxylic acids is 1. The van der Waals surface area contributed by atoms with Crippen molar-refractivity contribution in [1.82, 2.24) is 15.5 Å². The Hall–Kier alpha value is -2.80. The maximum Gasteiger partial charge on any atom is 0.271 e. The molecule has 0 aromatic carbocycles. The summed E-state index contributed by atoms with van der Waals surface area (Å²) < 4.78 is 10.7. The van der Waals surface area contributed by atoms with E-state index < -0.39 is 5.60 Å². The smallest absolute Gasteiger partial charge is 0.271 e.